The van der Waals surface area contributed by atoms with Crippen LogP contribution in [0.15, 0.2) is 0 Å². The molecule has 0 aromatic heterocycles. The van der Waals surface area contributed by atoms with E-state index in [1.54, 1.807) is 0 Å². The highest BCUT2D eigenvalue weighted by Gasteiger charge is 2.47. The summed E-state index contributed by atoms with van der Waals surface area (Å²) in [5.41, 5.74) is 7.26. The molecule has 2 rings (SSSR count). The summed E-state index contributed by atoms with van der Waals surface area (Å²) in [5.74, 6) is 0.913. The molecule has 0 amide bonds. The summed E-state index contributed by atoms with van der Waals surface area (Å²) in [6.07, 6.45) is 6.73. The lowest BCUT2D eigenvalue weighted by Crippen LogP contribution is -2.48. The van der Waals surface area contributed by atoms with E-state index < -0.39 is 0 Å². The molecule has 2 N–H and O–H groups in total. The minimum Gasteiger partial charge on any atom is -0.328 e. The largest absolute Gasteiger partial charge is 0.328 e. The lowest BCUT2D eigenvalue weighted by atomic mass is 9.53. The Bertz CT molecular complexity index is 175. The highest BCUT2D eigenvalue weighted by atomic mass is 14.7. The molecule has 4 atom stereocenters. The molecule has 0 spiro atoms. The molecule has 0 aromatic rings. The molecule has 1 nitrogen and oxygen atoms in total. The van der Waals surface area contributed by atoms with Crippen molar-refractivity contribution in [3.05, 3.63) is 0 Å². The second kappa shape index (κ2) is 2.73. The Morgan fingerprint density at radius 2 is 1.46 bits per heavy atom. The van der Waals surface area contributed by atoms with Gasteiger partial charge in [0.1, 0.15) is 0 Å². The van der Waals surface area contributed by atoms with Gasteiger partial charge in [0.05, 0.1) is 0 Å². The van der Waals surface area contributed by atoms with Gasteiger partial charge in [-0.2, -0.15) is 0 Å². The fraction of sp³-hybridized carbons (Fsp3) is 1.00. The van der Waals surface area contributed by atoms with E-state index in [1.165, 1.54) is 32.1 Å². The second-order valence-corrected chi connectivity index (χ2v) is 6.48. The molecule has 0 heterocycles. The highest BCUT2D eigenvalue weighted by molar-refractivity contribution is 4.99. The zero-order chi connectivity index (χ0) is 9.69. The Morgan fingerprint density at radius 3 is 1.92 bits per heavy atom. The molecule has 2 fully saturated rings. The lowest BCUT2D eigenvalue weighted by Gasteiger charge is -2.53. The molecule has 2 saturated carbocycles. The average Bonchev–Trinajstić information content (AvgIpc) is 1.75. The molecule has 2 aliphatic rings. The average molecular weight is 181 g/mol. The maximum absolute atomic E-state index is 6.14. The van der Waals surface area contributed by atoms with Crippen LogP contribution in [0.3, 0.4) is 0 Å². The van der Waals surface area contributed by atoms with E-state index in [0.717, 1.165) is 5.92 Å². The maximum Gasteiger partial charge on any atom is 0.00492 e. The third-order valence-electron chi connectivity index (χ3n) is 4.05. The summed E-state index contributed by atoms with van der Waals surface area (Å²) in [5, 5.41) is 0. The van der Waals surface area contributed by atoms with Crippen LogP contribution in [0.2, 0.25) is 0 Å². The van der Waals surface area contributed by atoms with Gasteiger partial charge in [0.25, 0.3) is 0 Å². The van der Waals surface area contributed by atoms with Crippen molar-refractivity contribution in [1.29, 1.82) is 0 Å². The Morgan fingerprint density at radius 1 is 1.00 bits per heavy atom. The summed E-state index contributed by atoms with van der Waals surface area (Å²) in [7, 11) is 0. The first-order chi connectivity index (χ1) is 5.91. The van der Waals surface area contributed by atoms with Gasteiger partial charge in [-0.15, -0.1) is 0 Å². The van der Waals surface area contributed by atoms with E-state index in [0.29, 0.717) is 16.9 Å². The van der Waals surface area contributed by atoms with E-state index >= 15 is 0 Å². The normalized spacial score (nSPS) is 56.3. The van der Waals surface area contributed by atoms with Crippen LogP contribution in [-0.4, -0.2) is 6.04 Å². The van der Waals surface area contributed by atoms with Gasteiger partial charge in [0.2, 0.25) is 0 Å². The lowest BCUT2D eigenvalue weighted by molar-refractivity contribution is -0.0121. The van der Waals surface area contributed by atoms with Gasteiger partial charge in [-0.3, -0.25) is 0 Å². The van der Waals surface area contributed by atoms with Gasteiger partial charge in [0, 0.05) is 6.04 Å². The zero-order valence-corrected chi connectivity index (χ0v) is 9.27. The number of nitrogens with two attached hydrogens (primary N) is 1. The first-order valence-electron chi connectivity index (χ1n) is 5.66. The molecule has 2 bridgehead atoms. The van der Waals surface area contributed by atoms with Crippen LogP contribution in [0.1, 0.15) is 52.9 Å². The predicted molar refractivity (Wildman–Crippen MR) is 56.4 cm³/mol. The molecule has 0 saturated heterocycles. The number of fused-ring (bicyclic) bond motifs is 2. The van der Waals surface area contributed by atoms with Crippen molar-refractivity contribution in [2.24, 2.45) is 22.5 Å². The Labute approximate surface area is 82.1 Å². The predicted octanol–water partition coefficient (Wildman–Crippen LogP) is 2.94. The molecular weight excluding hydrogens is 158 g/mol. The second-order valence-electron chi connectivity index (χ2n) is 6.48. The molecule has 76 valence electrons. The zero-order valence-electron chi connectivity index (χ0n) is 9.27. The van der Waals surface area contributed by atoms with Crippen molar-refractivity contribution >= 4 is 0 Å². The molecule has 2 unspecified atom stereocenters. The fourth-order valence-electron chi connectivity index (χ4n) is 4.58. The number of hydrogen-bond donors (Lipinski definition) is 1. The van der Waals surface area contributed by atoms with Crippen molar-refractivity contribution in [1.82, 2.24) is 0 Å². The Balaban J connectivity index is 2.22. The smallest absolute Gasteiger partial charge is 0.00492 e. The van der Waals surface area contributed by atoms with E-state index in [2.05, 4.69) is 20.8 Å². The maximum atomic E-state index is 6.14. The van der Waals surface area contributed by atoms with Crippen molar-refractivity contribution in [3.8, 4) is 0 Å². The molecule has 0 aliphatic heterocycles. The first-order valence-corrected chi connectivity index (χ1v) is 5.66. The van der Waals surface area contributed by atoms with Crippen LogP contribution in [0.4, 0.5) is 0 Å². The monoisotopic (exact) mass is 181 g/mol. The molecule has 1 heteroatoms. The standard InChI is InChI=1S/C12H23N/c1-9-4-11(2)6-10(13)7-12(3,5-9)8-11/h9-10H,4-8,13H2,1-3H3/t9?,10?,11-,12+. The van der Waals surface area contributed by atoms with E-state index in [1.807, 2.05) is 0 Å². The van der Waals surface area contributed by atoms with E-state index in [9.17, 15) is 0 Å². The summed E-state index contributed by atoms with van der Waals surface area (Å²) in [6, 6.07) is 0.469. The minimum absolute atomic E-state index is 0.469. The van der Waals surface area contributed by atoms with Gasteiger partial charge < -0.3 is 5.73 Å². The fourth-order valence-corrected chi connectivity index (χ4v) is 4.58. The summed E-state index contributed by atoms with van der Waals surface area (Å²) in [4.78, 5) is 0. The quantitative estimate of drug-likeness (QED) is 0.611. The summed E-state index contributed by atoms with van der Waals surface area (Å²) >= 11 is 0. The van der Waals surface area contributed by atoms with Gasteiger partial charge >= 0.3 is 0 Å². The van der Waals surface area contributed by atoms with E-state index in [-0.39, 0.29) is 0 Å². The highest BCUT2D eigenvalue weighted by Crippen LogP contribution is 2.56. The minimum atomic E-state index is 0.469. The van der Waals surface area contributed by atoms with Gasteiger partial charge in [-0.05, 0) is 48.9 Å². The van der Waals surface area contributed by atoms with Crippen LogP contribution in [-0.2, 0) is 0 Å². The van der Waals surface area contributed by atoms with Crippen molar-refractivity contribution in [2.75, 3.05) is 0 Å². The van der Waals surface area contributed by atoms with Gasteiger partial charge in [-0.1, -0.05) is 20.8 Å². The van der Waals surface area contributed by atoms with Gasteiger partial charge in [-0.25, -0.2) is 0 Å². The van der Waals surface area contributed by atoms with Crippen LogP contribution < -0.4 is 5.73 Å². The summed E-state index contributed by atoms with van der Waals surface area (Å²) < 4.78 is 0. The van der Waals surface area contributed by atoms with Crippen LogP contribution in [0, 0.1) is 16.7 Å². The van der Waals surface area contributed by atoms with Crippen LogP contribution in [0.25, 0.3) is 0 Å². The molecule has 0 radical (unpaired) electrons. The number of rotatable bonds is 0. The van der Waals surface area contributed by atoms with Crippen molar-refractivity contribution < 1.29 is 0 Å². The van der Waals surface area contributed by atoms with Gasteiger partial charge in [0.15, 0.2) is 0 Å². The molecule has 2 aliphatic carbocycles. The first kappa shape index (κ1) is 9.51. The Hall–Kier alpha value is -0.0400. The third-order valence-corrected chi connectivity index (χ3v) is 4.05. The number of hydrogen-bond acceptors (Lipinski definition) is 1. The topological polar surface area (TPSA) is 26.0 Å². The third kappa shape index (κ3) is 1.76. The van der Waals surface area contributed by atoms with E-state index in [4.69, 9.17) is 5.73 Å². The molecule has 0 aromatic carbocycles. The van der Waals surface area contributed by atoms with Crippen LogP contribution in [0.5, 0.6) is 0 Å². The SMILES string of the molecule is CC1C[C@@]2(C)CC(N)C[C@@](C)(C1)C2. The molecular formula is C12H23N. The van der Waals surface area contributed by atoms with Crippen LogP contribution >= 0.6 is 0 Å². The van der Waals surface area contributed by atoms with Crippen molar-refractivity contribution in [3.63, 3.8) is 0 Å². The summed E-state index contributed by atoms with van der Waals surface area (Å²) in [6.45, 7) is 7.30. The molecule has 13 heavy (non-hydrogen) atoms. The Kier molecular flexibility index (Phi) is 1.99. The van der Waals surface area contributed by atoms with Crippen molar-refractivity contribution in [2.45, 2.75) is 58.9 Å².